The molecule has 0 fully saturated rings. The summed E-state index contributed by atoms with van der Waals surface area (Å²) in [7, 11) is 2.01. The molecule has 0 saturated carbocycles. The molecule has 1 N–H and O–H groups in total. The number of thiophene rings is 1. The van der Waals surface area contributed by atoms with E-state index in [0.717, 1.165) is 35.7 Å². The van der Waals surface area contributed by atoms with Crippen molar-refractivity contribution in [2.24, 2.45) is 7.05 Å². The number of nitrogens with one attached hydrogen (secondary N) is 1. The lowest BCUT2D eigenvalue weighted by Gasteiger charge is -2.17. The van der Waals surface area contributed by atoms with E-state index in [1.165, 1.54) is 10.6 Å². The summed E-state index contributed by atoms with van der Waals surface area (Å²) >= 11 is 8.16. The fourth-order valence-corrected chi connectivity index (χ4v) is 3.73. The fourth-order valence-electron chi connectivity index (χ4n) is 2.33. The first-order chi connectivity index (χ1) is 9.56. The molecule has 2 heterocycles. The first kappa shape index (κ1) is 15.5. The van der Waals surface area contributed by atoms with Crippen LogP contribution in [0.25, 0.3) is 0 Å². The Kier molecular flexibility index (Phi) is 5.24. The maximum absolute atomic E-state index is 6.43. The van der Waals surface area contributed by atoms with Crippen molar-refractivity contribution in [1.29, 1.82) is 0 Å². The van der Waals surface area contributed by atoms with E-state index in [4.69, 9.17) is 11.6 Å². The molecule has 0 spiro atoms. The van der Waals surface area contributed by atoms with Gasteiger partial charge in [0.05, 0.1) is 10.7 Å². The second-order valence-electron chi connectivity index (χ2n) is 5.02. The third-order valence-corrected chi connectivity index (χ3v) is 5.32. The molecule has 0 aliphatic rings. The van der Waals surface area contributed by atoms with Crippen LogP contribution in [-0.4, -0.2) is 16.3 Å². The number of likely N-dealkylation sites (N-methyl/N-ethyl adjacent to an activating group) is 1. The number of aromatic nitrogens is 2. The maximum Gasteiger partial charge on any atom is 0.0624 e. The third kappa shape index (κ3) is 3.25. The van der Waals surface area contributed by atoms with Crippen LogP contribution in [0, 0.1) is 6.92 Å². The van der Waals surface area contributed by atoms with Gasteiger partial charge in [-0.2, -0.15) is 5.10 Å². The molecule has 0 amide bonds. The number of aryl methyl sites for hydroxylation is 3. The van der Waals surface area contributed by atoms with Gasteiger partial charge < -0.3 is 5.32 Å². The summed E-state index contributed by atoms with van der Waals surface area (Å²) in [6.07, 6.45) is 1.88. The van der Waals surface area contributed by atoms with Crippen molar-refractivity contribution in [1.82, 2.24) is 15.1 Å². The molecule has 2 aromatic heterocycles. The molecule has 0 aromatic carbocycles. The van der Waals surface area contributed by atoms with Crippen LogP contribution in [0.3, 0.4) is 0 Å². The van der Waals surface area contributed by atoms with E-state index in [0.29, 0.717) is 0 Å². The Labute approximate surface area is 130 Å². The van der Waals surface area contributed by atoms with Crippen molar-refractivity contribution in [2.75, 3.05) is 6.54 Å². The average Bonchev–Trinajstić information content (AvgIpc) is 2.94. The van der Waals surface area contributed by atoms with Gasteiger partial charge in [0.15, 0.2) is 0 Å². The smallest absolute Gasteiger partial charge is 0.0624 e. The van der Waals surface area contributed by atoms with Crippen molar-refractivity contribution in [3.8, 4) is 0 Å². The number of rotatable bonds is 6. The first-order valence-electron chi connectivity index (χ1n) is 7.05. The van der Waals surface area contributed by atoms with E-state index >= 15 is 0 Å². The average molecular weight is 312 g/mol. The SMILES string of the molecule is CCNC(Cc1cc(CC)nn1C)c1scc(C)c1Cl. The zero-order valence-electron chi connectivity index (χ0n) is 12.5. The van der Waals surface area contributed by atoms with Crippen molar-refractivity contribution in [3.63, 3.8) is 0 Å². The Morgan fingerprint density at radius 1 is 1.45 bits per heavy atom. The number of hydrogen-bond acceptors (Lipinski definition) is 3. The van der Waals surface area contributed by atoms with Crippen molar-refractivity contribution in [2.45, 2.75) is 39.7 Å². The molecule has 1 unspecified atom stereocenters. The van der Waals surface area contributed by atoms with Gasteiger partial charge in [-0.15, -0.1) is 11.3 Å². The van der Waals surface area contributed by atoms with E-state index < -0.39 is 0 Å². The molecule has 2 aromatic rings. The summed E-state index contributed by atoms with van der Waals surface area (Å²) in [6.45, 7) is 7.25. The van der Waals surface area contributed by atoms with E-state index in [1.54, 1.807) is 11.3 Å². The Morgan fingerprint density at radius 2 is 2.20 bits per heavy atom. The zero-order chi connectivity index (χ0) is 14.7. The van der Waals surface area contributed by atoms with Crippen LogP contribution in [0.1, 0.15) is 41.7 Å². The van der Waals surface area contributed by atoms with Gasteiger partial charge in [0.1, 0.15) is 0 Å². The lowest BCUT2D eigenvalue weighted by Crippen LogP contribution is -2.23. The van der Waals surface area contributed by atoms with Crippen LogP contribution < -0.4 is 5.32 Å². The molecule has 0 saturated heterocycles. The molecule has 2 rings (SSSR count). The molecule has 0 radical (unpaired) electrons. The molecule has 1 atom stereocenters. The second kappa shape index (κ2) is 6.74. The minimum Gasteiger partial charge on any atom is -0.309 e. The molecule has 0 bridgehead atoms. The lowest BCUT2D eigenvalue weighted by atomic mass is 10.1. The van der Waals surface area contributed by atoms with Gasteiger partial charge in [0.25, 0.3) is 0 Å². The number of halogens is 1. The highest BCUT2D eigenvalue weighted by Crippen LogP contribution is 2.34. The van der Waals surface area contributed by atoms with Crippen molar-refractivity contribution < 1.29 is 0 Å². The largest absolute Gasteiger partial charge is 0.309 e. The normalized spacial score (nSPS) is 12.8. The summed E-state index contributed by atoms with van der Waals surface area (Å²) in [4.78, 5) is 1.23. The molecule has 110 valence electrons. The molecule has 0 aliphatic heterocycles. The standard InChI is InChI=1S/C15H22ClN3S/c1-5-11-7-12(19(4)18-11)8-13(17-6-2)15-14(16)10(3)9-20-15/h7,9,13,17H,5-6,8H2,1-4H3. The Balaban J connectivity index is 2.25. The van der Waals surface area contributed by atoms with Crippen LogP contribution in [0.15, 0.2) is 11.4 Å². The summed E-state index contributed by atoms with van der Waals surface area (Å²) < 4.78 is 1.98. The van der Waals surface area contributed by atoms with Crippen LogP contribution in [0.5, 0.6) is 0 Å². The minimum absolute atomic E-state index is 0.256. The molecule has 3 nitrogen and oxygen atoms in total. The maximum atomic E-state index is 6.43. The van der Waals surface area contributed by atoms with E-state index in [-0.39, 0.29) is 6.04 Å². The van der Waals surface area contributed by atoms with Crippen molar-refractivity contribution >= 4 is 22.9 Å². The second-order valence-corrected chi connectivity index (χ2v) is 6.30. The van der Waals surface area contributed by atoms with Gasteiger partial charge in [-0.3, -0.25) is 4.68 Å². The molecular weight excluding hydrogens is 290 g/mol. The van der Waals surface area contributed by atoms with E-state index in [1.807, 2.05) is 11.7 Å². The predicted octanol–water partition coefficient (Wildman–Crippen LogP) is 3.90. The highest BCUT2D eigenvalue weighted by molar-refractivity contribution is 7.10. The molecule has 5 heteroatoms. The Bertz CT molecular complexity index is 574. The summed E-state index contributed by atoms with van der Waals surface area (Å²) in [6, 6.07) is 2.45. The first-order valence-corrected chi connectivity index (χ1v) is 8.31. The van der Waals surface area contributed by atoms with E-state index in [2.05, 4.69) is 42.6 Å². The summed E-state index contributed by atoms with van der Waals surface area (Å²) in [5.74, 6) is 0. The zero-order valence-corrected chi connectivity index (χ0v) is 14.1. The molecular formula is C15H22ClN3S. The van der Waals surface area contributed by atoms with Crippen LogP contribution in [-0.2, 0) is 19.9 Å². The van der Waals surface area contributed by atoms with Gasteiger partial charge in [0, 0.05) is 30.1 Å². The Hall–Kier alpha value is -0.840. The monoisotopic (exact) mass is 311 g/mol. The van der Waals surface area contributed by atoms with Crippen molar-refractivity contribution in [3.05, 3.63) is 38.3 Å². The quantitative estimate of drug-likeness (QED) is 0.877. The van der Waals surface area contributed by atoms with Gasteiger partial charge in [-0.05, 0) is 36.9 Å². The Morgan fingerprint density at radius 3 is 2.70 bits per heavy atom. The lowest BCUT2D eigenvalue weighted by molar-refractivity contribution is 0.536. The number of hydrogen-bond donors (Lipinski definition) is 1. The summed E-state index contributed by atoms with van der Waals surface area (Å²) in [5.41, 5.74) is 3.55. The number of nitrogens with zero attached hydrogens (tertiary/aromatic N) is 2. The predicted molar refractivity (Wildman–Crippen MR) is 86.8 cm³/mol. The van der Waals surface area contributed by atoms with Crippen LogP contribution in [0.2, 0.25) is 5.02 Å². The molecule has 20 heavy (non-hydrogen) atoms. The van der Waals surface area contributed by atoms with Gasteiger partial charge in [-0.25, -0.2) is 0 Å². The van der Waals surface area contributed by atoms with Gasteiger partial charge in [0.2, 0.25) is 0 Å². The minimum atomic E-state index is 0.256. The van der Waals surface area contributed by atoms with Gasteiger partial charge in [-0.1, -0.05) is 25.4 Å². The highest BCUT2D eigenvalue weighted by Gasteiger charge is 2.19. The van der Waals surface area contributed by atoms with Crippen LogP contribution >= 0.6 is 22.9 Å². The highest BCUT2D eigenvalue weighted by atomic mass is 35.5. The molecule has 0 aliphatic carbocycles. The van der Waals surface area contributed by atoms with E-state index in [9.17, 15) is 0 Å². The topological polar surface area (TPSA) is 29.9 Å². The van der Waals surface area contributed by atoms with Gasteiger partial charge >= 0.3 is 0 Å². The van der Waals surface area contributed by atoms with Crippen LogP contribution in [0.4, 0.5) is 0 Å². The fraction of sp³-hybridized carbons (Fsp3) is 0.533. The third-order valence-electron chi connectivity index (χ3n) is 3.50. The summed E-state index contributed by atoms with van der Waals surface area (Å²) in [5, 5.41) is 11.1.